The third kappa shape index (κ3) is 3.39. The number of rotatable bonds is 5. The third-order valence-corrected chi connectivity index (χ3v) is 5.17. The molecule has 1 aromatic carbocycles. The average molecular weight is 312 g/mol. The minimum atomic E-state index is 0.187. The number of imidazole rings is 1. The molecule has 2 aliphatic heterocycles. The number of hydrogen-bond acceptors (Lipinski definition) is 3. The fourth-order valence-corrected chi connectivity index (χ4v) is 4.12. The first kappa shape index (κ1) is 14.7. The minimum absolute atomic E-state index is 0.187. The first-order valence-corrected chi connectivity index (χ1v) is 8.72. The average Bonchev–Trinajstić information content (AvgIpc) is 3.09. The van der Waals surface area contributed by atoms with E-state index in [0.717, 1.165) is 36.1 Å². The number of aromatic nitrogens is 2. The monoisotopic (exact) mass is 312 g/mol. The highest BCUT2D eigenvalue weighted by molar-refractivity contribution is 5.76. The van der Waals surface area contributed by atoms with Gasteiger partial charge in [-0.3, -0.25) is 4.79 Å². The Balaban J connectivity index is 1.23. The zero-order valence-corrected chi connectivity index (χ0v) is 13.3. The van der Waals surface area contributed by atoms with Crippen molar-refractivity contribution in [2.24, 2.45) is 5.92 Å². The molecule has 2 unspecified atom stereocenters. The molecule has 4 rings (SSSR count). The second kappa shape index (κ2) is 6.32. The third-order valence-electron chi connectivity index (χ3n) is 5.17. The van der Waals surface area contributed by atoms with Crippen LogP contribution in [0.25, 0.3) is 11.0 Å². The second-order valence-corrected chi connectivity index (χ2v) is 6.98. The largest absolute Gasteiger partial charge is 0.356 e. The van der Waals surface area contributed by atoms with Gasteiger partial charge in [-0.1, -0.05) is 12.1 Å². The zero-order valence-electron chi connectivity index (χ0n) is 13.3. The minimum Gasteiger partial charge on any atom is -0.356 e. The van der Waals surface area contributed by atoms with Crippen LogP contribution in [0.2, 0.25) is 0 Å². The topological polar surface area (TPSA) is 69.8 Å². The molecule has 5 nitrogen and oxygen atoms in total. The summed E-state index contributed by atoms with van der Waals surface area (Å²) in [5, 5.41) is 6.68. The molecule has 0 spiro atoms. The van der Waals surface area contributed by atoms with E-state index >= 15 is 0 Å². The molecule has 2 saturated heterocycles. The van der Waals surface area contributed by atoms with Crippen molar-refractivity contribution in [3.8, 4) is 0 Å². The number of hydrogen-bond donors (Lipinski definition) is 3. The van der Waals surface area contributed by atoms with Crippen LogP contribution in [0, 0.1) is 5.92 Å². The zero-order chi connectivity index (χ0) is 15.6. The van der Waals surface area contributed by atoms with E-state index < -0.39 is 0 Å². The van der Waals surface area contributed by atoms with Crippen molar-refractivity contribution in [2.45, 2.75) is 50.6 Å². The molecule has 2 atom stereocenters. The van der Waals surface area contributed by atoms with E-state index in [-0.39, 0.29) is 5.91 Å². The van der Waals surface area contributed by atoms with Crippen LogP contribution in [-0.4, -0.2) is 34.5 Å². The molecule has 122 valence electrons. The van der Waals surface area contributed by atoms with Gasteiger partial charge in [-0.05, 0) is 43.7 Å². The van der Waals surface area contributed by atoms with Crippen LogP contribution in [0.1, 0.15) is 37.9 Å². The van der Waals surface area contributed by atoms with Gasteiger partial charge in [0.2, 0.25) is 5.91 Å². The standard InChI is InChI=1S/C18H24N4O/c23-18(11-12-9-13-5-6-14(10-12)20-13)19-8-7-17-21-15-3-1-2-4-16(15)22-17/h1-4,12-14,20H,5-11H2,(H,19,23)(H,21,22). The quantitative estimate of drug-likeness (QED) is 0.792. The molecule has 3 heterocycles. The first-order chi connectivity index (χ1) is 11.3. The highest BCUT2D eigenvalue weighted by atomic mass is 16.1. The summed E-state index contributed by atoms with van der Waals surface area (Å²) in [6, 6.07) is 9.32. The Morgan fingerprint density at radius 1 is 1.22 bits per heavy atom. The molecule has 2 bridgehead atoms. The normalized spacial score (nSPS) is 26.5. The smallest absolute Gasteiger partial charge is 0.220 e. The summed E-state index contributed by atoms with van der Waals surface area (Å²) < 4.78 is 0. The van der Waals surface area contributed by atoms with Crippen molar-refractivity contribution in [3.05, 3.63) is 30.1 Å². The van der Waals surface area contributed by atoms with E-state index in [2.05, 4.69) is 20.6 Å². The van der Waals surface area contributed by atoms with Crippen molar-refractivity contribution in [3.63, 3.8) is 0 Å². The summed E-state index contributed by atoms with van der Waals surface area (Å²) in [4.78, 5) is 20.0. The van der Waals surface area contributed by atoms with Gasteiger partial charge in [0.15, 0.2) is 0 Å². The fourth-order valence-electron chi connectivity index (χ4n) is 4.12. The lowest BCUT2D eigenvalue weighted by atomic mass is 9.89. The van der Waals surface area contributed by atoms with Gasteiger partial charge in [-0.25, -0.2) is 4.98 Å². The van der Waals surface area contributed by atoms with Crippen LogP contribution >= 0.6 is 0 Å². The molecule has 0 saturated carbocycles. The van der Waals surface area contributed by atoms with Crippen molar-refractivity contribution in [1.82, 2.24) is 20.6 Å². The maximum atomic E-state index is 12.1. The first-order valence-electron chi connectivity index (χ1n) is 8.72. The Bertz CT molecular complexity index is 650. The molecular formula is C18H24N4O. The summed E-state index contributed by atoms with van der Waals surface area (Å²) in [5.74, 6) is 1.68. The number of carbonyl (C=O) groups is 1. The molecular weight excluding hydrogens is 288 g/mol. The van der Waals surface area contributed by atoms with Crippen LogP contribution in [-0.2, 0) is 11.2 Å². The number of nitrogens with zero attached hydrogens (tertiary/aromatic N) is 1. The molecule has 3 N–H and O–H groups in total. The number of piperidine rings is 1. The van der Waals surface area contributed by atoms with Crippen LogP contribution in [0.15, 0.2) is 24.3 Å². The number of fused-ring (bicyclic) bond motifs is 3. The Labute approximate surface area is 136 Å². The van der Waals surface area contributed by atoms with E-state index in [9.17, 15) is 4.79 Å². The lowest BCUT2D eigenvalue weighted by Crippen LogP contribution is -2.39. The summed E-state index contributed by atoms with van der Waals surface area (Å²) in [5.41, 5.74) is 2.04. The molecule has 1 aromatic heterocycles. The summed E-state index contributed by atoms with van der Waals surface area (Å²) in [6.45, 7) is 0.649. The lowest BCUT2D eigenvalue weighted by molar-refractivity contribution is -0.122. The molecule has 0 radical (unpaired) electrons. The Morgan fingerprint density at radius 2 is 2.00 bits per heavy atom. The number of carbonyl (C=O) groups excluding carboxylic acids is 1. The Morgan fingerprint density at radius 3 is 2.78 bits per heavy atom. The molecule has 2 aliphatic rings. The maximum absolute atomic E-state index is 12.1. The Hall–Kier alpha value is -1.88. The van der Waals surface area contributed by atoms with E-state index in [1.54, 1.807) is 0 Å². The number of amides is 1. The van der Waals surface area contributed by atoms with Gasteiger partial charge in [0, 0.05) is 31.5 Å². The second-order valence-electron chi connectivity index (χ2n) is 6.98. The van der Waals surface area contributed by atoms with E-state index in [1.807, 2.05) is 24.3 Å². The van der Waals surface area contributed by atoms with Gasteiger partial charge < -0.3 is 15.6 Å². The van der Waals surface area contributed by atoms with Crippen molar-refractivity contribution in [1.29, 1.82) is 0 Å². The SMILES string of the molecule is O=C(CC1CC2CCC(C1)N2)NCCc1nc2ccccc2[nH]1. The van der Waals surface area contributed by atoms with Crippen LogP contribution in [0.4, 0.5) is 0 Å². The maximum Gasteiger partial charge on any atom is 0.220 e. The predicted octanol–water partition coefficient (Wildman–Crippen LogP) is 2.14. The molecule has 1 amide bonds. The highest BCUT2D eigenvalue weighted by Crippen LogP contribution is 2.32. The van der Waals surface area contributed by atoms with Crippen LogP contribution in [0.5, 0.6) is 0 Å². The van der Waals surface area contributed by atoms with Crippen molar-refractivity contribution < 1.29 is 4.79 Å². The lowest BCUT2D eigenvalue weighted by Gasteiger charge is -2.28. The van der Waals surface area contributed by atoms with E-state index in [1.165, 1.54) is 12.8 Å². The number of aromatic amines is 1. The van der Waals surface area contributed by atoms with Gasteiger partial charge in [0.25, 0.3) is 0 Å². The van der Waals surface area contributed by atoms with Gasteiger partial charge in [-0.2, -0.15) is 0 Å². The summed E-state index contributed by atoms with van der Waals surface area (Å²) >= 11 is 0. The number of H-pyrrole nitrogens is 1. The van der Waals surface area contributed by atoms with E-state index in [4.69, 9.17) is 0 Å². The van der Waals surface area contributed by atoms with E-state index in [0.29, 0.717) is 31.0 Å². The molecule has 2 fully saturated rings. The predicted molar refractivity (Wildman–Crippen MR) is 90.1 cm³/mol. The molecule has 5 heteroatoms. The number of para-hydroxylation sites is 2. The van der Waals surface area contributed by atoms with Gasteiger partial charge >= 0.3 is 0 Å². The van der Waals surface area contributed by atoms with Crippen molar-refractivity contribution >= 4 is 16.9 Å². The van der Waals surface area contributed by atoms with Gasteiger partial charge in [-0.15, -0.1) is 0 Å². The Kier molecular flexibility index (Phi) is 4.04. The summed E-state index contributed by atoms with van der Waals surface area (Å²) in [7, 11) is 0. The molecule has 23 heavy (non-hydrogen) atoms. The highest BCUT2D eigenvalue weighted by Gasteiger charge is 2.34. The number of nitrogens with one attached hydrogen (secondary N) is 3. The molecule has 2 aromatic rings. The number of benzene rings is 1. The van der Waals surface area contributed by atoms with Gasteiger partial charge in [0.05, 0.1) is 11.0 Å². The molecule has 0 aliphatic carbocycles. The van der Waals surface area contributed by atoms with Gasteiger partial charge in [0.1, 0.15) is 5.82 Å². The summed E-state index contributed by atoms with van der Waals surface area (Å²) in [6.07, 6.45) is 6.32. The van der Waals surface area contributed by atoms with Crippen LogP contribution < -0.4 is 10.6 Å². The van der Waals surface area contributed by atoms with Crippen molar-refractivity contribution in [2.75, 3.05) is 6.54 Å². The fraction of sp³-hybridized carbons (Fsp3) is 0.556. The van der Waals surface area contributed by atoms with Crippen LogP contribution in [0.3, 0.4) is 0 Å².